The minimum absolute atomic E-state index is 0.0492. The van der Waals surface area contributed by atoms with Crippen LogP contribution in [0.5, 0.6) is 0 Å². The minimum Gasteiger partial charge on any atom is -0.354 e. The highest BCUT2D eigenvalue weighted by molar-refractivity contribution is 7.89. The summed E-state index contributed by atoms with van der Waals surface area (Å²) in [4.78, 5) is 32.6. The molecule has 3 heterocycles. The van der Waals surface area contributed by atoms with E-state index in [1.54, 1.807) is 12.3 Å². The number of pyridine rings is 1. The second-order valence-electron chi connectivity index (χ2n) is 8.41. The summed E-state index contributed by atoms with van der Waals surface area (Å²) in [5.41, 5.74) is -0.966. The van der Waals surface area contributed by atoms with Crippen molar-refractivity contribution in [3.63, 3.8) is 0 Å². The van der Waals surface area contributed by atoms with Crippen molar-refractivity contribution in [3.05, 3.63) is 46.8 Å². The smallest absolute Gasteiger partial charge is 0.244 e. The molecule has 1 unspecified atom stereocenters. The molecule has 0 bridgehead atoms. The molecule has 180 valence electrons. The number of sulfonamides is 1. The van der Waals surface area contributed by atoms with Crippen LogP contribution >= 0.6 is 11.3 Å². The highest BCUT2D eigenvalue weighted by atomic mass is 32.2. The number of hydrogen-bond donors (Lipinski definition) is 2. The Labute approximate surface area is 202 Å². The number of nitriles is 1. The summed E-state index contributed by atoms with van der Waals surface area (Å²) in [7, 11) is -3.85. The Balaban J connectivity index is 1.42. The molecule has 2 aliphatic rings. The molecule has 1 atom stereocenters. The van der Waals surface area contributed by atoms with Crippen molar-refractivity contribution < 1.29 is 18.0 Å². The molecule has 0 aromatic carbocycles. The van der Waals surface area contributed by atoms with E-state index in [1.165, 1.54) is 15.6 Å². The van der Waals surface area contributed by atoms with E-state index in [9.17, 15) is 23.3 Å². The number of rotatable bonds is 9. The Bertz CT molecular complexity index is 1150. The summed E-state index contributed by atoms with van der Waals surface area (Å²) < 4.78 is 27.7. The van der Waals surface area contributed by atoms with Crippen molar-refractivity contribution in [2.45, 2.75) is 30.8 Å². The normalized spacial score (nSPS) is 18.5. The fourth-order valence-corrected chi connectivity index (χ4v) is 6.05. The van der Waals surface area contributed by atoms with Crippen molar-refractivity contribution in [1.29, 1.82) is 5.26 Å². The van der Waals surface area contributed by atoms with E-state index in [0.29, 0.717) is 25.9 Å². The zero-order chi connectivity index (χ0) is 24.2. The summed E-state index contributed by atoms with van der Waals surface area (Å²) in [6.07, 6.45) is 2.75. The first-order valence-electron chi connectivity index (χ1n) is 11.0. The maximum atomic E-state index is 13.2. The number of nitrogens with one attached hydrogen (secondary N) is 2. The van der Waals surface area contributed by atoms with Gasteiger partial charge in [-0.1, -0.05) is 12.1 Å². The van der Waals surface area contributed by atoms with Gasteiger partial charge in [0.2, 0.25) is 21.8 Å². The quantitative estimate of drug-likeness (QED) is 0.510. The van der Waals surface area contributed by atoms with Gasteiger partial charge in [-0.25, -0.2) is 13.4 Å². The van der Waals surface area contributed by atoms with Crippen LogP contribution in [0.25, 0.3) is 0 Å². The van der Waals surface area contributed by atoms with Gasteiger partial charge in [0.1, 0.15) is 17.4 Å². The molecule has 2 aromatic rings. The molecular formula is C22H26N6O4S2. The molecule has 0 spiro atoms. The Morgan fingerprint density at radius 1 is 1.18 bits per heavy atom. The van der Waals surface area contributed by atoms with Gasteiger partial charge in [-0.3, -0.25) is 9.59 Å². The van der Waals surface area contributed by atoms with Crippen LogP contribution in [0.1, 0.15) is 17.7 Å². The molecule has 2 fully saturated rings. The average molecular weight is 503 g/mol. The van der Waals surface area contributed by atoms with E-state index in [4.69, 9.17) is 0 Å². The molecule has 1 saturated heterocycles. The van der Waals surface area contributed by atoms with Crippen molar-refractivity contribution in [2.75, 3.05) is 36.8 Å². The van der Waals surface area contributed by atoms with Gasteiger partial charge in [-0.05, 0) is 36.4 Å². The Kier molecular flexibility index (Phi) is 7.16. The number of aromatic nitrogens is 1. The van der Waals surface area contributed by atoms with Gasteiger partial charge in [-0.15, -0.1) is 11.3 Å². The molecule has 4 rings (SSSR count). The van der Waals surface area contributed by atoms with E-state index >= 15 is 0 Å². The van der Waals surface area contributed by atoms with E-state index < -0.39 is 39.2 Å². The summed E-state index contributed by atoms with van der Waals surface area (Å²) in [6, 6.07) is 9.95. The monoisotopic (exact) mass is 502 g/mol. The van der Waals surface area contributed by atoms with Crippen LogP contribution in [0.4, 0.5) is 5.82 Å². The standard InChI is InChI=1S/C22H26N6O4S2/c23-16-22(6-7-22)26-21(30)18(25-20(29)14-17-4-3-13-33-17)15-34(31,32)28-11-9-27(10-12-28)19-5-1-2-8-24-19/h1-5,8,13,18H,6-7,9-12,14-15H2,(H,25,29)(H,26,30). The summed E-state index contributed by atoms with van der Waals surface area (Å²) in [5.74, 6) is -0.891. The van der Waals surface area contributed by atoms with E-state index in [1.807, 2.05) is 34.5 Å². The van der Waals surface area contributed by atoms with Crippen LogP contribution in [0, 0.1) is 11.3 Å². The Morgan fingerprint density at radius 3 is 2.53 bits per heavy atom. The second-order valence-corrected chi connectivity index (χ2v) is 11.5. The van der Waals surface area contributed by atoms with Crippen LogP contribution < -0.4 is 15.5 Å². The number of thiophene rings is 1. The fraction of sp³-hybridized carbons (Fsp3) is 0.455. The van der Waals surface area contributed by atoms with Gasteiger partial charge in [0, 0.05) is 37.3 Å². The highest BCUT2D eigenvalue weighted by Gasteiger charge is 2.46. The number of piperazine rings is 1. The topological polar surface area (TPSA) is 136 Å². The number of nitrogens with zero attached hydrogens (tertiary/aromatic N) is 4. The van der Waals surface area contributed by atoms with Crippen LogP contribution in [-0.4, -0.2) is 73.0 Å². The zero-order valence-electron chi connectivity index (χ0n) is 18.5. The van der Waals surface area contributed by atoms with Crippen LogP contribution in [0.3, 0.4) is 0 Å². The zero-order valence-corrected chi connectivity index (χ0v) is 20.1. The number of carbonyl (C=O) groups excluding carboxylic acids is 2. The number of amides is 2. The van der Waals surface area contributed by atoms with Gasteiger partial charge >= 0.3 is 0 Å². The van der Waals surface area contributed by atoms with Gasteiger partial charge in [-0.2, -0.15) is 9.57 Å². The highest BCUT2D eigenvalue weighted by Crippen LogP contribution is 2.34. The Morgan fingerprint density at radius 2 is 1.94 bits per heavy atom. The molecule has 1 aliphatic heterocycles. The maximum Gasteiger partial charge on any atom is 0.244 e. The molecular weight excluding hydrogens is 476 g/mol. The van der Waals surface area contributed by atoms with Gasteiger partial charge in [0.05, 0.1) is 18.2 Å². The maximum absolute atomic E-state index is 13.2. The van der Waals surface area contributed by atoms with Crippen LogP contribution in [0.15, 0.2) is 41.9 Å². The largest absolute Gasteiger partial charge is 0.354 e. The lowest BCUT2D eigenvalue weighted by Crippen LogP contribution is -2.56. The van der Waals surface area contributed by atoms with Crippen molar-refractivity contribution >= 4 is 39.0 Å². The summed E-state index contributed by atoms with van der Waals surface area (Å²) in [5, 5.41) is 16.4. The predicted molar refractivity (Wildman–Crippen MR) is 127 cm³/mol. The molecule has 0 radical (unpaired) electrons. The van der Waals surface area contributed by atoms with Gasteiger partial charge < -0.3 is 15.5 Å². The summed E-state index contributed by atoms with van der Waals surface area (Å²) >= 11 is 1.40. The van der Waals surface area contributed by atoms with E-state index in [0.717, 1.165) is 10.7 Å². The van der Waals surface area contributed by atoms with Crippen molar-refractivity contribution in [3.8, 4) is 6.07 Å². The lowest BCUT2D eigenvalue weighted by Gasteiger charge is -2.35. The average Bonchev–Trinajstić information content (AvgIpc) is 3.42. The molecule has 12 heteroatoms. The lowest BCUT2D eigenvalue weighted by atomic mass is 10.2. The number of anilines is 1. The SMILES string of the molecule is N#CC1(NC(=O)C(CS(=O)(=O)N2CCN(c3ccccn3)CC2)NC(=O)Cc2cccs2)CC1. The molecule has 34 heavy (non-hydrogen) atoms. The summed E-state index contributed by atoms with van der Waals surface area (Å²) in [6.45, 7) is 1.43. The van der Waals surface area contributed by atoms with Crippen LogP contribution in [-0.2, 0) is 26.0 Å². The molecule has 2 aromatic heterocycles. The number of hydrogen-bond acceptors (Lipinski definition) is 8. The van der Waals surface area contributed by atoms with Gasteiger partial charge in [0.25, 0.3) is 0 Å². The predicted octanol–water partition coefficient (Wildman–Crippen LogP) is 0.495. The molecule has 1 aliphatic carbocycles. The first-order valence-corrected chi connectivity index (χ1v) is 13.5. The fourth-order valence-electron chi connectivity index (χ4n) is 3.76. The van der Waals surface area contributed by atoms with Gasteiger partial charge in [0.15, 0.2) is 0 Å². The van der Waals surface area contributed by atoms with E-state index in [-0.39, 0.29) is 19.5 Å². The Hall–Kier alpha value is -3.01. The van der Waals surface area contributed by atoms with Crippen LogP contribution in [0.2, 0.25) is 0 Å². The minimum atomic E-state index is -3.85. The van der Waals surface area contributed by atoms with Crippen molar-refractivity contribution in [2.24, 2.45) is 0 Å². The lowest BCUT2D eigenvalue weighted by molar-refractivity contribution is -0.128. The first-order chi connectivity index (χ1) is 16.3. The van der Waals surface area contributed by atoms with E-state index in [2.05, 4.69) is 21.7 Å². The van der Waals surface area contributed by atoms with Crippen molar-refractivity contribution in [1.82, 2.24) is 19.9 Å². The number of carbonyl (C=O) groups is 2. The first kappa shape index (κ1) is 24.1. The second kappa shape index (κ2) is 10.1. The third-order valence-electron chi connectivity index (χ3n) is 5.88. The third-order valence-corrected chi connectivity index (χ3v) is 8.66. The molecule has 2 amide bonds. The third kappa shape index (κ3) is 5.91. The molecule has 2 N–H and O–H groups in total. The molecule has 10 nitrogen and oxygen atoms in total. The molecule has 1 saturated carbocycles.